The van der Waals surface area contributed by atoms with E-state index in [1.165, 1.54) is 17.4 Å². The molecule has 2 fully saturated rings. The van der Waals surface area contributed by atoms with Crippen molar-refractivity contribution in [1.82, 2.24) is 9.47 Å². The highest BCUT2D eigenvalue weighted by Gasteiger charge is 2.33. The van der Waals surface area contributed by atoms with Gasteiger partial charge in [0, 0.05) is 50.5 Å². The number of rotatable bonds is 9. The fraction of sp³-hybridized carbons (Fsp3) is 0.333. The number of hydrogen-bond donors (Lipinski definition) is 0. The molecular formula is C33H35N5O2S2. The molecule has 2 aliphatic rings. The Morgan fingerprint density at radius 3 is 2.24 bits per heavy atom. The highest BCUT2D eigenvalue weighted by atomic mass is 32.2. The first-order valence-corrected chi connectivity index (χ1v) is 15.7. The van der Waals surface area contributed by atoms with E-state index in [9.17, 15) is 14.9 Å². The molecule has 2 aliphatic heterocycles. The normalized spacial score (nSPS) is 16.4. The largest absolute Gasteiger partial charge is 0.368 e. The number of unbranched alkanes of at least 4 members (excludes halogenated alkanes) is 1. The number of piperazine rings is 1. The van der Waals surface area contributed by atoms with Gasteiger partial charge in [0.1, 0.15) is 21.8 Å². The lowest BCUT2D eigenvalue weighted by atomic mass is 10.0. The Morgan fingerprint density at radius 1 is 0.952 bits per heavy atom. The molecule has 2 aromatic carbocycles. The molecule has 0 atom stereocenters. The predicted octanol–water partition coefficient (Wildman–Crippen LogP) is 5.60. The molecule has 0 radical (unpaired) electrons. The second kappa shape index (κ2) is 13.4. The Morgan fingerprint density at radius 2 is 1.60 bits per heavy atom. The van der Waals surface area contributed by atoms with E-state index < -0.39 is 0 Å². The van der Waals surface area contributed by atoms with Crippen LogP contribution in [0.4, 0.5) is 11.5 Å². The number of pyridine rings is 1. The van der Waals surface area contributed by atoms with Crippen LogP contribution in [0.2, 0.25) is 0 Å². The number of hydrogen-bond acceptors (Lipinski definition) is 7. The van der Waals surface area contributed by atoms with Crippen molar-refractivity contribution in [2.24, 2.45) is 0 Å². The molecule has 3 heterocycles. The number of benzene rings is 2. The molecule has 2 saturated heterocycles. The Labute approximate surface area is 257 Å². The van der Waals surface area contributed by atoms with Crippen LogP contribution in [0, 0.1) is 18.3 Å². The summed E-state index contributed by atoms with van der Waals surface area (Å²) in [4.78, 5) is 34.0. The van der Waals surface area contributed by atoms with Gasteiger partial charge in [0.25, 0.3) is 11.5 Å². The van der Waals surface area contributed by atoms with Crippen LogP contribution in [-0.2, 0) is 17.8 Å². The van der Waals surface area contributed by atoms with Crippen LogP contribution < -0.4 is 15.4 Å². The SMILES string of the molecule is CCCCn1c(N2CCN(c3ccccc3)CC2)c(/C=C2/SC(=S)N(CCc3ccccc3)C2=O)c(C)c(C#N)c1=O. The van der Waals surface area contributed by atoms with Gasteiger partial charge in [-0.25, -0.2) is 0 Å². The molecule has 5 rings (SSSR count). The molecule has 1 aromatic heterocycles. The summed E-state index contributed by atoms with van der Waals surface area (Å²) in [6.07, 6.45) is 4.29. The van der Waals surface area contributed by atoms with Gasteiger partial charge in [-0.05, 0) is 49.1 Å². The quantitative estimate of drug-likeness (QED) is 0.235. The van der Waals surface area contributed by atoms with Gasteiger partial charge in [-0.15, -0.1) is 0 Å². The zero-order chi connectivity index (χ0) is 29.6. The lowest BCUT2D eigenvalue weighted by Crippen LogP contribution is -2.48. The maximum absolute atomic E-state index is 13.6. The van der Waals surface area contributed by atoms with Gasteiger partial charge in [-0.1, -0.05) is 85.9 Å². The molecule has 0 aliphatic carbocycles. The summed E-state index contributed by atoms with van der Waals surface area (Å²) < 4.78 is 2.28. The first-order chi connectivity index (χ1) is 20.4. The Bertz CT molecular complexity index is 1590. The third-order valence-corrected chi connectivity index (χ3v) is 9.28. The van der Waals surface area contributed by atoms with E-state index in [1.54, 1.807) is 9.47 Å². The third-order valence-electron chi connectivity index (χ3n) is 7.90. The van der Waals surface area contributed by atoms with Crippen molar-refractivity contribution in [2.45, 2.75) is 39.7 Å². The zero-order valence-corrected chi connectivity index (χ0v) is 25.7. The average molecular weight is 598 g/mol. The van der Waals surface area contributed by atoms with Crippen LogP contribution >= 0.6 is 24.0 Å². The van der Waals surface area contributed by atoms with Crippen LogP contribution in [-0.4, -0.2) is 52.4 Å². The summed E-state index contributed by atoms with van der Waals surface area (Å²) in [5, 5.41) is 10.0. The van der Waals surface area contributed by atoms with Crippen molar-refractivity contribution in [2.75, 3.05) is 42.5 Å². The number of nitrogens with zero attached hydrogens (tertiary/aromatic N) is 5. The van der Waals surface area contributed by atoms with E-state index in [1.807, 2.05) is 61.5 Å². The molecule has 0 spiro atoms. The smallest absolute Gasteiger partial charge is 0.270 e. The number of amides is 1. The minimum atomic E-state index is -0.267. The number of carbonyl (C=O) groups excluding carboxylic acids is 1. The van der Waals surface area contributed by atoms with E-state index in [2.05, 4.69) is 34.9 Å². The Balaban J connectivity index is 1.51. The standard InChI is InChI=1S/C33H35N5O2S2/c1-3-4-16-37-30(36-20-18-35(19-21-36)26-13-9-6-10-14-26)27(24(2)28(23-34)31(37)39)22-29-32(40)38(33(41)42-29)17-15-25-11-7-5-8-12-25/h5-14,22H,3-4,15-21H2,1-2H3/b29-22+. The van der Waals surface area contributed by atoms with E-state index in [0.29, 0.717) is 47.4 Å². The number of nitriles is 1. The van der Waals surface area contributed by atoms with Gasteiger partial charge in [-0.2, -0.15) is 5.26 Å². The van der Waals surface area contributed by atoms with Gasteiger partial charge in [0.15, 0.2) is 0 Å². The van der Waals surface area contributed by atoms with Crippen LogP contribution in [0.15, 0.2) is 70.4 Å². The van der Waals surface area contributed by atoms with E-state index in [-0.39, 0.29) is 17.0 Å². The molecule has 216 valence electrons. The molecule has 0 bridgehead atoms. The number of carbonyl (C=O) groups is 1. The molecular weight excluding hydrogens is 563 g/mol. The van der Waals surface area contributed by atoms with Crippen molar-refractivity contribution in [3.05, 3.63) is 98.2 Å². The fourth-order valence-corrected chi connectivity index (χ4v) is 6.82. The van der Waals surface area contributed by atoms with Crippen molar-refractivity contribution in [3.63, 3.8) is 0 Å². The summed E-state index contributed by atoms with van der Waals surface area (Å²) in [6.45, 7) is 7.93. The predicted molar refractivity (Wildman–Crippen MR) is 176 cm³/mol. The summed E-state index contributed by atoms with van der Waals surface area (Å²) in [5.41, 5.74) is 3.53. The second-order valence-electron chi connectivity index (χ2n) is 10.5. The van der Waals surface area contributed by atoms with Gasteiger partial charge < -0.3 is 9.80 Å². The Kier molecular flexibility index (Phi) is 9.45. The van der Waals surface area contributed by atoms with Crippen molar-refractivity contribution in [1.29, 1.82) is 5.26 Å². The van der Waals surface area contributed by atoms with Gasteiger partial charge in [0.2, 0.25) is 0 Å². The Hall–Kier alpha value is -3.87. The second-order valence-corrected chi connectivity index (χ2v) is 12.2. The molecule has 3 aromatic rings. The average Bonchev–Trinajstić information content (AvgIpc) is 3.29. The van der Waals surface area contributed by atoms with Crippen LogP contribution in [0.5, 0.6) is 0 Å². The minimum absolute atomic E-state index is 0.128. The molecule has 1 amide bonds. The molecule has 9 heteroatoms. The first-order valence-electron chi connectivity index (χ1n) is 14.4. The topological polar surface area (TPSA) is 72.6 Å². The van der Waals surface area contributed by atoms with Crippen molar-refractivity contribution < 1.29 is 4.79 Å². The van der Waals surface area contributed by atoms with Crippen LogP contribution in [0.25, 0.3) is 6.08 Å². The molecule has 7 nitrogen and oxygen atoms in total. The summed E-state index contributed by atoms with van der Waals surface area (Å²) in [5.74, 6) is 0.650. The highest BCUT2D eigenvalue weighted by Crippen LogP contribution is 2.36. The number of para-hydroxylation sites is 1. The van der Waals surface area contributed by atoms with E-state index in [0.717, 1.165) is 42.9 Å². The van der Waals surface area contributed by atoms with Crippen LogP contribution in [0.1, 0.15) is 42.0 Å². The van der Waals surface area contributed by atoms with Gasteiger partial charge >= 0.3 is 0 Å². The lowest BCUT2D eigenvalue weighted by molar-refractivity contribution is -0.122. The molecule has 0 unspecified atom stereocenters. The number of thiocarbonyl (C=S) groups is 1. The summed E-state index contributed by atoms with van der Waals surface area (Å²) in [7, 11) is 0. The third kappa shape index (κ3) is 6.15. The maximum Gasteiger partial charge on any atom is 0.270 e. The van der Waals surface area contributed by atoms with Gasteiger partial charge in [-0.3, -0.25) is 19.1 Å². The highest BCUT2D eigenvalue weighted by molar-refractivity contribution is 8.26. The van der Waals surface area contributed by atoms with Gasteiger partial charge in [0.05, 0.1) is 4.91 Å². The lowest BCUT2D eigenvalue weighted by Gasteiger charge is -2.39. The van der Waals surface area contributed by atoms with E-state index >= 15 is 0 Å². The monoisotopic (exact) mass is 597 g/mol. The number of aromatic nitrogens is 1. The molecule has 42 heavy (non-hydrogen) atoms. The molecule has 0 saturated carbocycles. The first kappa shape index (κ1) is 29.6. The number of thioether (sulfide) groups is 1. The van der Waals surface area contributed by atoms with Crippen molar-refractivity contribution >= 4 is 51.8 Å². The summed E-state index contributed by atoms with van der Waals surface area (Å²) in [6, 6.07) is 22.5. The van der Waals surface area contributed by atoms with Crippen LogP contribution in [0.3, 0.4) is 0 Å². The maximum atomic E-state index is 13.6. The molecule has 0 N–H and O–H groups in total. The summed E-state index contributed by atoms with van der Waals surface area (Å²) >= 11 is 6.92. The number of anilines is 2. The minimum Gasteiger partial charge on any atom is -0.368 e. The van der Waals surface area contributed by atoms with Crippen molar-refractivity contribution in [3.8, 4) is 6.07 Å². The fourth-order valence-electron chi connectivity index (χ4n) is 5.53. The van der Waals surface area contributed by atoms with E-state index in [4.69, 9.17) is 12.2 Å². The zero-order valence-electron chi connectivity index (χ0n) is 24.1.